The van der Waals surface area contributed by atoms with Gasteiger partial charge in [0.15, 0.2) is 0 Å². The standard InChI is InChI=1S/C20H18BrClN2O2/c1-23-10-15(14-8-12(22)9-17(21)16(14)11-23)13-4-2-3-5-18(13)24-19(25)6-7-20(24)26/h2-5,8-9,15H,6-7,10-11H2,1H3. The van der Waals surface area contributed by atoms with Crippen LogP contribution in [0.2, 0.25) is 5.02 Å². The Balaban J connectivity index is 1.88. The molecule has 1 saturated heterocycles. The molecule has 0 radical (unpaired) electrons. The van der Waals surface area contributed by atoms with Gasteiger partial charge in [-0.3, -0.25) is 14.5 Å². The lowest BCUT2D eigenvalue weighted by atomic mass is 9.84. The van der Waals surface area contributed by atoms with Gasteiger partial charge in [-0.05, 0) is 41.9 Å². The van der Waals surface area contributed by atoms with Gasteiger partial charge in [0.1, 0.15) is 0 Å². The molecule has 2 aromatic rings. The van der Waals surface area contributed by atoms with Gasteiger partial charge >= 0.3 is 0 Å². The quantitative estimate of drug-likeness (QED) is 0.662. The molecule has 2 amide bonds. The number of likely N-dealkylation sites (N-methyl/N-ethyl adjacent to an activating group) is 1. The molecule has 0 spiro atoms. The van der Waals surface area contributed by atoms with Crippen LogP contribution in [0.4, 0.5) is 5.69 Å². The van der Waals surface area contributed by atoms with Crippen molar-refractivity contribution in [2.45, 2.75) is 25.3 Å². The molecule has 0 aliphatic carbocycles. The highest BCUT2D eigenvalue weighted by Gasteiger charge is 2.35. The van der Waals surface area contributed by atoms with E-state index in [4.69, 9.17) is 11.6 Å². The minimum atomic E-state index is -0.126. The molecule has 1 fully saturated rings. The summed E-state index contributed by atoms with van der Waals surface area (Å²) < 4.78 is 0.988. The number of fused-ring (bicyclic) bond motifs is 1. The SMILES string of the molecule is CN1Cc2c(Br)cc(Cl)cc2C(c2ccccc2N2C(=O)CCC2=O)C1. The fraction of sp³-hybridized carbons (Fsp3) is 0.300. The number of halogens is 2. The summed E-state index contributed by atoms with van der Waals surface area (Å²) in [7, 11) is 2.08. The molecule has 1 unspecified atom stereocenters. The van der Waals surface area contributed by atoms with Crippen molar-refractivity contribution >= 4 is 45.0 Å². The van der Waals surface area contributed by atoms with Crippen molar-refractivity contribution in [1.82, 2.24) is 4.90 Å². The number of imide groups is 1. The van der Waals surface area contributed by atoms with E-state index < -0.39 is 0 Å². The van der Waals surface area contributed by atoms with E-state index in [1.54, 1.807) is 0 Å². The molecule has 4 rings (SSSR count). The topological polar surface area (TPSA) is 40.6 Å². The van der Waals surface area contributed by atoms with Crippen LogP contribution in [-0.4, -0.2) is 30.3 Å². The molecule has 0 bridgehead atoms. The number of para-hydroxylation sites is 1. The normalized spacial score (nSPS) is 20.6. The third-order valence-corrected chi connectivity index (χ3v) is 6.02. The number of hydrogen-bond acceptors (Lipinski definition) is 3. The van der Waals surface area contributed by atoms with Crippen molar-refractivity contribution < 1.29 is 9.59 Å². The maximum absolute atomic E-state index is 12.3. The van der Waals surface area contributed by atoms with Crippen LogP contribution in [0.5, 0.6) is 0 Å². The minimum absolute atomic E-state index is 0.0381. The monoisotopic (exact) mass is 432 g/mol. The molecule has 0 N–H and O–H groups in total. The Bertz CT molecular complexity index is 899. The van der Waals surface area contributed by atoms with Crippen LogP contribution in [0.25, 0.3) is 0 Å². The molecule has 0 aromatic heterocycles. The zero-order chi connectivity index (χ0) is 18.4. The third kappa shape index (κ3) is 2.98. The van der Waals surface area contributed by atoms with Crippen LogP contribution in [0.3, 0.4) is 0 Å². The van der Waals surface area contributed by atoms with Gasteiger partial charge in [0.2, 0.25) is 11.8 Å². The molecule has 2 aliphatic heterocycles. The van der Waals surface area contributed by atoms with Crippen molar-refractivity contribution in [3.63, 3.8) is 0 Å². The highest BCUT2D eigenvalue weighted by molar-refractivity contribution is 9.10. The number of rotatable bonds is 2. The van der Waals surface area contributed by atoms with Crippen LogP contribution in [0.15, 0.2) is 40.9 Å². The molecule has 4 nitrogen and oxygen atoms in total. The van der Waals surface area contributed by atoms with Gasteiger partial charge in [-0.25, -0.2) is 0 Å². The fourth-order valence-electron chi connectivity index (χ4n) is 3.94. The van der Waals surface area contributed by atoms with E-state index in [2.05, 4.69) is 27.9 Å². The van der Waals surface area contributed by atoms with E-state index >= 15 is 0 Å². The summed E-state index contributed by atoms with van der Waals surface area (Å²) in [5, 5.41) is 0.677. The van der Waals surface area contributed by atoms with Gasteiger partial charge in [0.25, 0.3) is 0 Å². The Morgan fingerprint density at radius 3 is 2.50 bits per heavy atom. The highest BCUT2D eigenvalue weighted by Crippen LogP contribution is 2.42. The first-order valence-electron chi connectivity index (χ1n) is 8.57. The summed E-state index contributed by atoms with van der Waals surface area (Å²) in [4.78, 5) is 28.2. The highest BCUT2D eigenvalue weighted by atomic mass is 79.9. The fourth-order valence-corrected chi connectivity index (χ4v) is 4.90. The summed E-state index contributed by atoms with van der Waals surface area (Å²) in [5.74, 6) is -0.214. The Labute approximate surface area is 165 Å². The molecule has 2 heterocycles. The summed E-state index contributed by atoms with van der Waals surface area (Å²) in [6, 6.07) is 11.6. The molecule has 2 aliphatic rings. The number of nitrogens with zero attached hydrogens (tertiary/aromatic N) is 2. The Morgan fingerprint density at radius 2 is 1.77 bits per heavy atom. The van der Waals surface area contributed by atoms with Gasteiger partial charge in [-0.1, -0.05) is 45.7 Å². The Morgan fingerprint density at radius 1 is 1.08 bits per heavy atom. The molecule has 134 valence electrons. The average molecular weight is 434 g/mol. The second-order valence-electron chi connectivity index (χ2n) is 6.89. The average Bonchev–Trinajstić information content (AvgIpc) is 2.93. The van der Waals surface area contributed by atoms with E-state index in [1.165, 1.54) is 10.5 Å². The third-order valence-electron chi connectivity index (χ3n) is 5.10. The summed E-state index contributed by atoms with van der Waals surface area (Å²) in [6.45, 7) is 1.63. The van der Waals surface area contributed by atoms with Gasteiger partial charge in [-0.15, -0.1) is 0 Å². The minimum Gasteiger partial charge on any atom is -0.301 e. The van der Waals surface area contributed by atoms with Gasteiger partial charge < -0.3 is 4.90 Å². The van der Waals surface area contributed by atoms with Gasteiger partial charge in [0, 0.05) is 41.3 Å². The Hall–Kier alpha value is -1.69. The maximum Gasteiger partial charge on any atom is 0.234 e. The van der Waals surface area contributed by atoms with Crippen LogP contribution in [0, 0.1) is 0 Å². The van der Waals surface area contributed by atoms with Crippen LogP contribution >= 0.6 is 27.5 Å². The lowest BCUT2D eigenvalue weighted by Gasteiger charge is -2.35. The molecule has 6 heteroatoms. The predicted molar refractivity (Wildman–Crippen MR) is 105 cm³/mol. The van der Waals surface area contributed by atoms with Crippen molar-refractivity contribution in [2.75, 3.05) is 18.5 Å². The summed E-state index contributed by atoms with van der Waals surface area (Å²) in [6.07, 6.45) is 0.567. The van der Waals surface area contributed by atoms with E-state index in [9.17, 15) is 9.59 Å². The van der Waals surface area contributed by atoms with Crippen molar-refractivity contribution in [3.05, 3.63) is 62.6 Å². The Kier molecular flexibility index (Phi) is 4.63. The number of benzene rings is 2. The van der Waals surface area contributed by atoms with E-state index in [-0.39, 0.29) is 30.6 Å². The van der Waals surface area contributed by atoms with Crippen molar-refractivity contribution in [2.24, 2.45) is 0 Å². The molecule has 2 aromatic carbocycles. The number of anilines is 1. The smallest absolute Gasteiger partial charge is 0.234 e. The molecular formula is C20H18BrClN2O2. The number of carbonyl (C=O) groups excluding carboxylic acids is 2. The van der Waals surface area contributed by atoms with Crippen molar-refractivity contribution in [1.29, 1.82) is 0 Å². The number of hydrogen-bond donors (Lipinski definition) is 0. The van der Waals surface area contributed by atoms with E-state index in [0.29, 0.717) is 10.7 Å². The second-order valence-corrected chi connectivity index (χ2v) is 8.18. The van der Waals surface area contributed by atoms with Crippen LogP contribution < -0.4 is 4.90 Å². The largest absolute Gasteiger partial charge is 0.301 e. The molecule has 26 heavy (non-hydrogen) atoms. The maximum atomic E-state index is 12.3. The van der Waals surface area contributed by atoms with E-state index in [1.807, 2.05) is 36.4 Å². The van der Waals surface area contributed by atoms with Gasteiger partial charge in [-0.2, -0.15) is 0 Å². The zero-order valence-corrected chi connectivity index (χ0v) is 16.7. The summed E-state index contributed by atoms with van der Waals surface area (Å²) in [5.41, 5.74) is 4.02. The lowest BCUT2D eigenvalue weighted by molar-refractivity contribution is -0.121. The number of amides is 2. The predicted octanol–water partition coefficient (Wildman–Crippen LogP) is 4.33. The molecule has 1 atom stereocenters. The molecule has 0 saturated carbocycles. The summed E-state index contributed by atoms with van der Waals surface area (Å²) >= 11 is 9.96. The van der Waals surface area contributed by atoms with E-state index in [0.717, 1.165) is 28.7 Å². The molecular weight excluding hydrogens is 416 g/mol. The van der Waals surface area contributed by atoms with Crippen molar-refractivity contribution in [3.8, 4) is 0 Å². The van der Waals surface area contributed by atoms with Crippen LogP contribution in [0.1, 0.15) is 35.4 Å². The second kappa shape index (κ2) is 6.80. The zero-order valence-electron chi connectivity index (χ0n) is 14.3. The number of carbonyl (C=O) groups is 2. The first-order valence-corrected chi connectivity index (χ1v) is 9.74. The van der Waals surface area contributed by atoms with Gasteiger partial charge in [0.05, 0.1) is 5.69 Å². The van der Waals surface area contributed by atoms with Crippen LogP contribution in [-0.2, 0) is 16.1 Å². The first kappa shape index (κ1) is 17.7. The first-order chi connectivity index (χ1) is 12.5. The lowest BCUT2D eigenvalue weighted by Crippen LogP contribution is -2.34.